The van der Waals surface area contributed by atoms with E-state index in [0.717, 1.165) is 16.9 Å². The largest absolute Gasteiger partial charge is 0.382 e. The lowest BCUT2D eigenvalue weighted by molar-refractivity contribution is 0.141. The van der Waals surface area contributed by atoms with Crippen LogP contribution in [0.15, 0.2) is 52.4 Å². The van der Waals surface area contributed by atoms with E-state index in [1.165, 1.54) is 17.8 Å². The maximum Gasteiger partial charge on any atom is 0.262 e. The van der Waals surface area contributed by atoms with Gasteiger partial charge in [0.05, 0.1) is 22.2 Å². The van der Waals surface area contributed by atoms with E-state index in [4.69, 9.17) is 4.74 Å². The minimum Gasteiger partial charge on any atom is -0.382 e. The second-order valence-electron chi connectivity index (χ2n) is 7.81. The van der Waals surface area contributed by atoms with Gasteiger partial charge in [-0.2, -0.15) is 0 Å². The van der Waals surface area contributed by atoms with Gasteiger partial charge in [-0.25, -0.2) is 9.37 Å². The number of benzene rings is 2. The van der Waals surface area contributed by atoms with Gasteiger partial charge in [-0.1, -0.05) is 30.0 Å². The third kappa shape index (κ3) is 3.86. The number of hydrogen-bond acceptors (Lipinski definition) is 6. The molecular weight excluding hydrogens is 455 g/mol. The molecule has 2 aromatic carbocycles. The number of halogens is 1. The molecule has 176 valence electrons. The van der Waals surface area contributed by atoms with Crippen LogP contribution >= 0.6 is 11.8 Å². The zero-order valence-corrected chi connectivity index (χ0v) is 19.9. The van der Waals surface area contributed by atoms with Crippen LogP contribution in [-0.4, -0.2) is 41.9 Å². The van der Waals surface area contributed by atoms with Crippen LogP contribution in [-0.2, 0) is 23.6 Å². The highest BCUT2D eigenvalue weighted by atomic mass is 32.2. The molecule has 0 saturated heterocycles. The van der Waals surface area contributed by atoms with E-state index in [1.54, 1.807) is 10.6 Å². The first-order chi connectivity index (χ1) is 16.6. The number of aryl methyl sites for hydroxylation is 2. The molecular formula is C24H25FN6O2S. The molecule has 10 heteroatoms. The standard InChI is InChI=1S/C24H25FN6O2S/c1-3-29-19-12-7-10-17(25)21(19)26-20(29)15-34-24-28-27-23-30(13-8-14-33-4-2)22(32)16-9-5-6-11-18(16)31(23)24/h5-7,9-12H,3-4,8,13-15H2,1-2H3. The summed E-state index contributed by atoms with van der Waals surface area (Å²) >= 11 is 1.47. The van der Waals surface area contributed by atoms with Gasteiger partial charge in [0.2, 0.25) is 5.78 Å². The summed E-state index contributed by atoms with van der Waals surface area (Å²) in [5.41, 5.74) is 1.82. The molecule has 5 aromatic rings. The molecule has 0 aliphatic rings. The number of nitrogens with zero attached hydrogens (tertiary/aromatic N) is 6. The van der Waals surface area contributed by atoms with Crippen LogP contribution in [0.2, 0.25) is 0 Å². The monoisotopic (exact) mass is 480 g/mol. The minimum absolute atomic E-state index is 0.0909. The number of thioether (sulfide) groups is 1. The summed E-state index contributed by atoms with van der Waals surface area (Å²) < 4.78 is 25.3. The number of rotatable bonds is 9. The van der Waals surface area contributed by atoms with E-state index in [-0.39, 0.29) is 11.4 Å². The van der Waals surface area contributed by atoms with Gasteiger partial charge in [0, 0.05) is 26.3 Å². The normalized spacial score (nSPS) is 11.9. The second-order valence-corrected chi connectivity index (χ2v) is 8.75. The van der Waals surface area contributed by atoms with Crippen molar-refractivity contribution in [1.82, 2.24) is 28.7 Å². The fraction of sp³-hybridized carbons (Fsp3) is 0.333. The Bertz CT molecular complexity index is 1540. The summed E-state index contributed by atoms with van der Waals surface area (Å²) in [7, 11) is 0. The zero-order chi connectivity index (χ0) is 23.7. The minimum atomic E-state index is -0.328. The van der Waals surface area contributed by atoms with Crippen molar-refractivity contribution in [3.05, 3.63) is 64.5 Å². The predicted octanol–water partition coefficient (Wildman–Crippen LogP) is 4.27. The van der Waals surface area contributed by atoms with Crippen LogP contribution in [0.25, 0.3) is 27.7 Å². The number of para-hydroxylation sites is 2. The molecule has 0 saturated carbocycles. The summed E-state index contributed by atoms with van der Waals surface area (Å²) in [5.74, 6) is 1.42. The fourth-order valence-corrected chi connectivity index (χ4v) is 5.14. The van der Waals surface area contributed by atoms with Crippen molar-refractivity contribution in [2.24, 2.45) is 0 Å². The second kappa shape index (κ2) is 9.55. The molecule has 34 heavy (non-hydrogen) atoms. The molecule has 8 nitrogen and oxygen atoms in total. The van der Waals surface area contributed by atoms with Crippen LogP contribution in [0.3, 0.4) is 0 Å². The quantitative estimate of drug-likeness (QED) is 0.232. The van der Waals surface area contributed by atoms with Crippen molar-refractivity contribution in [2.75, 3.05) is 13.2 Å². The average Bonchev–Trinajstić information content (AvgIpc) is 3.44. The van der Waals surface area contributed by atoms with Gasteiger partial charge in [0.1, 0.15) is 11.3 Å². The van der Waals surface area contributed by atoms with Crippen LogP contribution in [0.1, 0.15) is 26.1 Å². The highest BCUT2D eigenvalue weighted by molar-refractivity contribution is 7.98. The first kappa shape index (κ1) is 22.5. The number of fused-ring (bicyclic) bond motifs is 4. The van der Waals surface area contributed by atoms with E-state index < -0.39 is 0 Å². The topological polar surface area (TPSA) is 79.2 Å². The Morgan fingerprint density at radius 2 is 1.85 bits per heavy atom. The van der Waals surface area contributed by atoms with E-state index in [0.29, 0.717) is 60.3 Å². The maximum atomic E-state index is 14.3. The Kier molecular flexibility index (Phi) is 6.34. The van der Waals surface area contributed by atoms with Gasteiger partial charge < -0.3 is 9.30 Å². The Morgan fingerprint density at radius 3 is 2.68 bits per heavy atom. The Hall–Kier alpha value is -3.24. The Morgan fingerprint density at radius 1 is 1.03 bits per heavy atom. The van der Waals surface area contributed by atoms with E-state index in [2.05, 4.69) is 15.2 Å². The van der Waals surface area contributed by atoms with Crippen molar-refractivity contribution >= 4 is 39.5 Å². The third-order valence-electron chi connectivity index (χ3n) is 5.81. The van der Waals surface area contributed by atoms with Crippen LogP contribution in [0.4, 0.5) is 4.39 Å². The molecule has 0 N–H and O–H groups in total. The summed E-state index contributed by atoms with van der Waals surface area (Å²) in [4.78, 5) is 17.8. The van der Waals surface area contributed by atoms with Gasteiger partial charge >= 0.3 is 0 Å². The molecule has 0 fully saturated rings. The molecule has 0 radical (unpaired) electrons. The van der Waals surface area contributed by atoms with Crippen molar-refractivity contribution in [3.8, 4) is 0 Å². The van der Waals surface area contributed by atoms with Crippen LogP contribution in [0.5, 0.6) is 0 Å². The molecule has 5 rings (SSSR count). The lowest BCUT2D eigenvalue weighted by Gasteiger charge is -2.11. The summed E-state index contributed by atoms with van der Waals surface area (Å²) in [5, 5.41) is 10.0. The molecule has 0 aliphatic heterocycles. The van der Waals surface area contributed by atoms with Gasteiger partial charge in [0.25, 0.3) is 5.56 Å². The molecule has 0 spiro atoms. The molecule has 0 unspecified atom stereocenters. The van der Waals surface area contributed by atoms with Gasteiger partial charge in [-0.3, -0.25) is 13.8 Å². The SMILES string of the molecule is CCOCCCn1c(=O)c2ccccc2n2c(SCc3nc4c(F)cccc4n3CC)nnc12. The van der Waals surface area contributed by atoms with E-state index >= 15 is 0 Å². The number of aromatic nitrogens is 6. The Labute approximate surface area is 199 Å². The first-order valence-electron chi connectivity index (χ1n) is 11.3. The van der Waals surface area contributed by atoms with Crippen molar-refractivity contribution in [3.63, 3.8) is 0 Å². The lowest BCUT2D eigenvalue weighted by atomic mass is 10.2. The summed E-state index contributed by atoms with van der Waals surface area (Å²) in [6, 6.07) is 12.5. The van der Waals surface area contributed by atoms with E-state index in [1.807, 2.05) is 53.1 Å². The van der Waals surface area contributed by atoms with Crippen molar-refractivity contribution < 1.29 is 9.13 Å². The predicted molar refractivity (Wildman–Crippen MR) is 131 cm³/mol. The van der Waals surface area contributed by atoms with Crippen LogP contribution < -0.4 is 5.56 Å². The maximum absolute atomic E-state index is 14.3. The summed E-state index contributed by atoms with van der Waals surface area (Å²) in [6.45, 7) is 6.34. The number of imidazole rings is 1. The molecule has 3 heterocycles. The Balaban J connectivity index is 1.55. The third-order valence-corrected chi connectivity index (χ3v) is 6.73. The van der Waals surface area contributed by atoms with Crippen molar-refractivity contribution in [2.45, 2.75) is 44.3 Å². The number of hydrogen-bond donors (Lipinski definition) is 0. The van der Waals surface area contributed by atoms with Crippen molar-refractivity contribution in [1.29, 1.82) is 0 Å². The highest BCUT2D eigenvalue weighted by Gasteiger charge is 2.18. The molecule has 0 atom stereocenters. The number of ether oxygens (including phenoxy) is 1. The van der Waals surface area contributed by atoms with Gasteiger partial charge in [-0.15, -0.1) is 10.2 Å². The van der Waals surface area contributed by atoms with Crippen LogP contribution in [0, 0.1) is 5.82 Å². The lowest BCUT2D eigenvalue weighted by Crippen LogP contribution is -2.24. The smallest absolute Gasteiger partial charge is 0.262 e. The average molecular weight is 481 g/mol. The highest BCUT2D eigenvalue weighted by Crippen LogP contribution is 2.27. The van der Waals surface area contributed by atoms with Gasteiger partial charge in [0.15, 0.2) is 11.0 Å². The molecule has 0 bridgehead atoms. The molecule has 0 amide bonds. The molecule has 3 aromatic heterocycles. The fourth-order valence-electron chi connectivity index (χ4n) is 4.25. The van der Waals surface area contributed by atoms with E-state index in [9.17, 15) is 9.18 Å². The zero-order valence-electron chi connectivity index (χ0n) is 19.1. The first-order valence-corrected chi connectivity index (χ1v) is 12.3. The summed E-state index contributed by atoms with van der Waals surface area (Å²) in [6.07, 6.45) is 0.698. The van der Waals surface area contributed by atoms with Gasteiger partial charge in [-0.05, 0) is 44.5 Å². The molecule has 0 aliphatic carbocycles.